The molecule has 0 aliphatic carbocycles. The van der Waals surface area contributed by atoms with Crippen molar-refractivity contribution in [2.75, 3.05) is 31.6 Å². The second kappa shape index (κ2) is 8.52. The molecule has 0 radical (unpaired) electrons. The number of benzene rings is 2. The summed E-state index contributed by atoms with van der Waals surface area (Å²) < 4.78 is 5.16. The minimum Gasteiger partial charge on any atom is -0.497 e. The fourth-order valence-corrected chi connectivity index (χ4v) is 3.22. The summed E-state index contributed by atoms with van der Waals surface area (Å²) in [6.07, 6.45) is 4.12. The van der Waals surface area contributed by atoms with E-state index in [0.29, 0.717) is 30.9 Å². The summed E-state index contributed by atoms with van der Waals surface area (Å²) in [5, 5.41) is 9.30. The van der Waals surface area contributed by atoms with Crippen LogP contribution in [-0.2, 0) is 4.79 Å². The van der Waals surface area contributed by atoms with Crippen LogP contribution in [0.4, 0.5) is 5.69 Å². The highest BCUT2D eigenvalue weighted by molar-refractivity contribution is 5.96. The summed E-state index contributed by atoms with van der Waals surface area (Å²) in [6.45, 7) is 3.73. The van der Waals surface area contributed by atoms with Gasteiger partial charge >= 0.3 is 0 Å². The van der Waals surface area contributed by atoms with Crippen molar-refractivity contribution in [2.24, 2.45) is 0 Å². The maximum absolute atomic E-state index is 12.7. The monoisotopic (exact) mass is 361 g/mol. The second-order valence-electron chi connectivity index (χ2n) is 6.59. The lowest BCUT2D eigenvalue weighted by molar-refractivity contribution is -0.122. The third-order valence-electron chi connectivity index (χ3n) is 4.79. The highest BCUT2D eigenvalue weighted by Gasteiger charge is 2.30. The van der Waals surface area contributed by atoms with E-state index in [0.717, 1.165) is 11.3 Å². The average Bonchev–Trinajstić information content (AvgIpc) is 2.70. The van der Waals surface area contributed by atoms with Crippen molar-refractivity contribution in [2.45, 2.75) is 13.0 Å². The third-order valence-corrected chi connectivity index (χ3v) is 4.79. The Balaban J connectivity index is 1.64. The van der Waals surface area contributed by atoms with E-state index in [-0.39, 0.29) is 11.9 Å². The number of hydrogen-bond acceptors (Lipinski definition) is 4. The van der Waals surface area contributed by atoms with Crippen molar-refractivity contribution in [1.82, 2.24) is 4.90 Å². The highest BCUT2D eigenvalue weighted by atomic mass is 16.5. The molecule has 2 aromatic rings. The lowest BCUT2D eigenvalue weighted by atomic mass is 10.1. The Morgan fingerprint density at radius 1 is 1.22 bits per heavy atom. The van der Waals surface area contributed by atoms with Crippen molar-refractivity contribution in [1.29, 1.82) is 5.26 Å². The molecule has 5 nitrogen and oxygen atoms in total. The zero-order valence-electron chi connectivity index (χ0n) is 15.6. The molecule has 138 valence electrons. The standard InChI is InChI=1S/C22H23N3O2/c1-17-15-25(21-8-4-3-7-19(21)14-23)22(26)16-24(17)13-5-6-18-9-11-20(27-2)12-10-18/h3-12,17H,13,15-16H2,1-2H3/b6-5+. The third kappa shape index (κ3) is 4.36. The number of methoxy groups -OCH3 is 1. The summed E-state index contributed by atoms with van der Waals surface area (Å²) in [4.78, 5) is 16.5. The molecule has 1 aliphatic heterocycles. The van der Waals surface area contributed by atoms with E-state index in [1.54, 1.807) is 18.1 Å². The van der Waals surface area contributed by atoms with Crippen LogP contribution < -0.4 is 9.64 Å². The predicted molar refractivity (Wildman–Crippen MR) is 107 cm³/mol. The van der Waals surface area contributed by atoms with Crippen LogP contribution in [0.15, 0.2) is 54.6 Å². The molecule has 27 heavy (non-hydrogen) atoms. The summed E-state index contributed by atoms with van der Waals surface area (Å²) in [5.74, 6) is 0.855. The normalized spacial score (nSPS) is 17.9. The van der Waals surface area contributed by atoms with E-state index in [2.05, 4.69) is 24.0 Å². The van der Waals surface area contributed by atoms with Crippen LogP contribution in [0.3, 0.4) is 0 Å². The number of piperazine rings is 1. The summed E-state index contributed by atoms with van der Waals surface area (Å²) in [5.41, 5.74) is 2.33. The number of hydrogen-bond donors (Lipinski definition) is 0. The number of amides is 1. The first-order valence-corrected chi connectivity index (χ1v) is 8.96. The van der Waals surface area contributed by atoms with E-state index in [9.17, 15) is 10.1 Å². The molecule has 1 fully saturated rings. The zero-order valence-corrected chi connectivity index (χ0v) is 15.6. The van der Waals surface area contributed by atoms with Gasteiger partial charge in [-0.15, -0.1) is 0 Å². The number of carbonyl (C=O) groups excluding carboxylic acids is 1. The first kappa shape index (κ1) is 18.7. The number of nitriles is 1. The topological polar surface area (TPSA) is 56.6 Å². The van der Waals surface area contributed by atoms with Crippen LogP contribution in [-0.4, -0.2) is 43.6 Å². The van der Waals surface area contributed by atoms with Crippen molar-refractivity contribution >= 4 is 17.7 Å². The van der Waals surface area contributed by atoms with Gasteiger partial charge in [-0.2, -0.15) is 5.26 Å². The van der Waals surface area contributed by atoms with Crippen molar-refractivity contribution in [3.05, 3.63) is 65.7 Å². The van der Waals surface area contributed by atoms with Crippen LogP contribution in [0.25, 0.3) is 6.08 Å². The molecule has 0 bridgehead atoms. The van der Waals surface area contributed by atoms with E-state index in [1.807, 2.05) is 48.5 Å². The van der Waals surface area contributed by atoms with E-state index in [4.69, 9.17) is 4.74 Å². The molecule has 2 aromatic carbocycles. The van der Waals surface area contributed by atoms with Gasteiger partial charge in [0.05, 0.1) is 24.9 Å². The smallest absolute Gasteiger partial charge is 0.241 e. The van der Waals surface area contributed by atoms with Gasteiger partial charge in [0, 0.05) is 19.1 Å². The number of para-hydroxylation sites is 1. The number of ether oxygens (including phenoxy) is 1. The maximum Gasteiger partial charge on any atom is 0.241 e. The van der Waals surface area contributed by atoms with Gasteiger partial charge in [0.15, 0.2) is 0 Å². The van der Waals surface area contributed by atoms with Crippen LogP contribution >= 0.6 is 0 Å². The summed E-state index contributed by atoms with van der Waals surface area (Å²) in [6, 6.07) is 17.5. The minimum absolute atomic E-state index is 0.0219. The van der Waals surface area contributed by atoms with Gasteiger partial charge in [0.25, 0.3) is 0 Å². The molecule has 1 atom stereocenters. The lowest BCUT2D eigenvalue weighted by Crippen LogP contribution is -2.55. The molecule has 1 unspecified atom stereocenters. The Labute approximate surface area is 160 Å². The van der Waals surface area contributed by atoms with Gasteiger partial charge in [0.2, 0.25) is 5.91 Å². The van der Waals surface area contributed by atoms with Crippen LogP contribution in [0.1, 0.15) is 18.1 Å². The number of anilines is 1. The first-order chi connectivity index (χ1) is 13.1. The fraction of sp³-hybridized carbons (Fsp3) is 0.273. The molecule has 1 saturated heterocycles. The van der Waals surface area contributed by atoms with Crippen molar-refractivity contribution in [3.63, 3.8) is 0 Å². The molecule has 3 rings (SSSR count). The predicted octanol–water partition coefficient (Wildman–Crippen LogP) is 3.32. The van der Waals surface area contributed by atoms with Crippen molar-refractivity contribution < 1.29 is 9.53 Å². The number of nitrogens with zero attached hydrogens (tertiary/aromatic N) is 3. The van der Waals surface area contributed by atoms with E-state index < -0.39 is 0 Å². The van der Waals surface area contributed by atoms with Gasteiger partial charge in [0.1, 0.15) is 11.8 Å². The molecule has 1 heterocycles. The van der Waals surface area contributed by atoms with Gasteiger partial charge in [-0.1, -0.05) is 36.4 Å². The van der Waals surface area contributed by atoms with Gasteiger partial charge < -0.3 is 9.64 Å². The molecule has 0 aromatic heterocycles. The molecule has 1 aliphatic rings. The van der Waals surface area contributed by atoms with Crippen LogP contribution in [0, 0.1) is 11.3 Å². The van der Waals surface area contributed by atoms with E-state index in [1.165, 1.54) is 0 Å². The second-order valence-corrected chi connectivity index (χ2v) is 6.59. The SMILES string of the molecule is COc1ccc(/C=C/CN2CC(=O)N(c3ccccc3C#N)CC2C)cc1. The largest absolute Gasteiger partial charge is 0.497 e. The highest BCUT2D eigenvalue weighted by Crippen LogP contribution is 2.24. The van der Waals surface area contributed by atoms with Gasteiger partial charge in [-0.3, -0.25) is 9.69 Å². The Morgan fingerprint density at radius 3 is 2.67 bits per heavy atom. The Bertz CT molecular complexity index is 868. The van der Waals surface area contributed by atoms with E-state index >= 15 is 0 Å². The first-order valence-electron chi connectivity index (χ1n) is 8.96. The number of rotatable bonds is 5. The minimum atomic E-state index is 0.0219. The molecule has 0 spiro atoms. The number of carbonyl (C=O) groups is 1. The summed E-state index contributed by atoms with van der Waals surface area (Å²) in [7, 11) is 1.65. The molecule has 0 N–H and O–H groups in total. The average molecular weight is 361 g/mol. The Morgan fingerprint density at radius 2 is 1.96 bits per heavy atom. The Kier molecular flexibility index (Phi) is 5.90. The van der Waals surface area contributed by atoms with Crippen LogP contribution in [0.2, 0.25) is 0 Å². The quantitative estimate of drug-likeness (QED) is 0.820. The van der Waals surface area contributed by atoms with Gasteiger partial charge in [-0.05, 0) is 36.8 Å². The maximum atomic E-state index is 12.7. The Hall–Kier alpha value is -3.10. The molecule has 1 amide bonds. The fourth-order valence-electron chi connectivity index (χ4n) is 3.22. The lowest BCUT2D eigenvalue weighted by Gasteiger charge is -2.39. The van der Waals surface area contributed by atoms with Crippen LogP contribution in [0.5, 0.6) is 5.75 Å². The summed E-state index contributed by atoms with van der Waals surface area (Å²) >= 11 is 0. The van der Waals surface area contributed by atoms with Crippen molar-refractivity contribution in [3.8, 4) is 11.8 Å². The zero-order chi connectivity index (χ0) is 19.2. The molecule has 0 saturated carbocycles. The molecular weight excluding hydrogens is 338 g/mol. The van der Waals surface area contributed by atoms with Gasteiger partial charge in [-0.25, -0.2) is 0 Å². The molecular formula is C22H23N3O2. The molecule has 5 heteroatoms.